The summed E-state index contributed by atoms with van der Waals surface area (Å²) >= 11 is 1.76. The molecule has 1 fully saturated rings. The van der Waals surface area contributed by atoms with E-state index in [-0.39, 0.29) is 6.04 Å². The van der Waals surface area contributed by atoms with Crippen LogP contribution in [0.3, 0.4) is 0 Å². The van der Waals surface area contributed by atoms with Crippen LogP contribution >= 0.6 is 11.3 Å². The molecule has 1 saturated heterocycles. The van der Waals surface area contributed by atoms with Gasteiger partial charge in [0.15, 0.2) is 0 Å². The van der Waals surface area contributed by atoms with Crippen molar-refractivity contribution >= 4 is 16.9 Å². The van der Waals surface area contributed by atoms with E-state index in [2.05, 4.69) is 61.1 Å². The van der Waals surface area contributed by atoms with Gasteiger partial charge >= 0.3 is 0 Å². The molecule has 30 heavy (non-hydrogen) atoms. The summed E-state index contributed by atoms with van der Waals surface area (Å²) in [4.78, 5) is 9.20. The Morgan fingerprint density at radius 2 is 2.03 bits per heavy atom. The minimum atomic E-state index is 0.225. The zero-order valence-electron chi connectivity index (χ0n) is 17.1. The summed E-state index contributed by atoms with van der Waals surface area (Å²) in [5, 5.41) is 13.4. The van der Waals surface area contributed by atoms with Crippen molar-refractivity contribution in [2.24, 2.45) is 0 Å². The smallest absolute Gasteiger partial charge is 0.212 e. The quantitative estimate of drug-likeness (QED) is 0.494. The third-order valence-electron chi connectivity index (χ3n) is 5.75. The fourth-order valence-electron chi connectivity index (χ4n) is 4.00. The van der Waals surface area contributed by atoms with Crippen LogP contribution in [-0.2, 0) is 6.54 Å². The molecule has 4 aromatic heterocycles. The van der Waals surface area contributed by atoms with Crippen molar-refractivity contribution in [3.63, 3.8) is 0 Å². The third kappa shape index (κ3) is 3.69. The highest BCUT2D eigenvalue weighted by atomic mass is 32.1. The lowest BCUT2D eigenvalue weighted by Crippen LogP contribution is -2.46. The number of fused-ring (bicyclic) bond motifs is 1. The summed E-state index contributed by atoms with van der Waals surface area (Å²) in [7, 11) is 3.80. The van der Waals surface area contributed by atoms with Crippen molar-refractivity contribution in [2.45, 2.75) is 12.6 Å². The summed E-state index contributed by atoms with van der Waals surface area (Å²) in [6.07, 6.45) is 3.83. The molecule has 0 unspecified atom stereocenters. The van der Waals surface area contributed by atoms with Gasteiger partial charge in [0.1, 0.15) is 5.69 Å². The van der Waals surface area contributed by atoms with Gasteiger partial charge in [-0.3, -0.25) is 9.80 Å². The maximum absolute atomic E-state index is 5.15. The molecule has 0 amide bonds. The molecule has 0 spiro atoms. The van der Waals surface area contributed by atoms with Crippen LogP contribution in [0.4, 0.5) is 0 Å². The van der Waals surface area contributed by atoms with Crippen LogP contribution in [0.1, 0.15) is 17.3 Å². The molecule has 4 aromatic rings. The fourth-order valence-corrected chi connectivity index (χ4v) is 4.66. The molecule has 7 nitrogen and oxygen atoms in total. The van der Waals surface area contributed by atoms with Gasteiger partial charge in [-0.25, -0.2) is 9.50 Å². The van der Waals surface area contributed by atoms with E-state index in [1.807, 2.05) is 29.0 Å². The van der Waals surface area contributed by atoms with E-state index >= 15 is 0 Å². The molecular formula is C22H24N6OS. The highest BCUT2D eigenvalue weighted by Crippen LogP contribution is 2.28. The number of pyridine rings is 2. The predicted molar refractivity (Wildman–Crippen MR) is 118 cm³/mol. The summed E-state index contributed by atoms with van der Waals surface area (Å²) in [5.74, 6) is 0.607. The minimum absolute atomic E-state index is 0.225. The molecule has 0 saturated carbocycles. The maximum Gasteiger partial charge on any atom is 0.212 e. The zero-order chi connectivity index (χ0) is 20.5. The van der Waals surface area contributed by atoms with Gasteiger partial charge in [-0.15, -0.1) is 5.10 Å². The molecule has 154 valence electrons. The van der Waals surface area contributed by atoms with Gasteiger partial charge in [0, 0.05) is 55.8 Å². The van der Waals surface area contributed by atoms with Gasteiger partial charge in [0.25, 0.3) is 0 Å². The Bertz CT molecular complexity index is 1120. The lowest BCUT2D eigenvalue weighted by molar-refractivity contribution is 0.0890. The summed E-state index contributed by atoms with van der Waals surface area (Å²) in [6.45, 7) is 4.02. The second kappa shape index (κ2) is 8.14. The number of methoxy groups -OCH3 is 1. The number of piperazine rings is 1. The number of nitrogens with zero attached hydrogens (tertiary/aromatic N) is 6. The number of thiophene rings is 1. The van der Waals surface area contributed by atoms with E-state index in [1.54, 1.807) is 18.4 Å². The number of hydrogen-bond donors (Lipinski definition) is 0. The molecule has 0 aliphatic carbocycles. The van der Waals surface area contributed by atoms with Crippen LogP contribution < -0.4 is 4.74 Å². The SMILES string of the molecule is COc1ccc(-c2ccc3c([C@H]4CN(Cc5ccsc5)CCN4C)nnn3c2)cn1. The fraction of sp³-hybridized carbons (Fsp3) is 0.318. The first kappa shape index (κ1) is 19.2. The van der Waals surface area contributed by atoms with Crippen molar-refractivity contribution in [1.82, 2.24) is 29.6 Å². The lowest BCUT2D eigenvalue weighted by Gasteiger charge is -2.38. The second-order valence-corrected chi connectivity index (χ2v) is 8.45. The lowest BCUT2D eigenvalue weighted by atomic mass is 10.1. The highest BCUT2D eigenvalue weighted by molar-refractivity contribution is 7.07. The normalized spacial score (nSPS) is 18.1. The van der Waals surface area contributed by atoms with Gasteiger partial charge in [-0.05, 0) is 41.6 Å². The van der Waals surface area contributed by atoms with Crippen molar-refractivity contribution in [1.29, 1.82) is 0 Å². The first-order valence-corrected chi connectivity index (χ1v) is 10.9. The molecule has 1 atom stereocenters. The van der Waals surface area contributed by atoms with E-state index in [9.17, 15) is 0 Å². The number of rotatable bonds is 5. The zero-order valence-corrected chi connectivity index (χ0v) is 17.9. The van der Waals surface area contributed by atoms with Gasteiger partial charge in [0.05, 0.1) is 18.7 Å². The van der Waals surface area contributed by atoms with Crippen molar-refractivity contribution in [3.05, 3.63) is 64.7 Å². The van der Waals surface area contributed by atoms with Crippen LogP contribution in [0.2, 0.25) is 0 Å². The van der Waals surface area contributed by atoms with Crippen molar-refractivity contribution in [3.8, 4) is 17.0 Å². The maximum atomic E-state index is 5.15. The molecule has 0 radical (unpaired) electrons. The first-order chi connectivity index (χ1) is 14.7. The molecule has 1 aliphatic heterocycles. The Balaban J connectivity index is 1.40. The molecule has 8 heteroatoms. The number of likely N-dealkylation sites (N-methyl/N-ethyl adjacent to an activating group) is 1. The van der Waals surface area contributed by atoms with Gasteiger partial charge in [0.2, 0.25) is 5.88 Å². The van der Waals surface area contributed by atoms with Crippen molar-refractivity contribution in [2.75, 3.05) is 33.8 Å². The minimum Gasteiger partial charge on any atom is -0.481 e. The summed E-state index contributed by atoms with van der Waals surface area (Å²) < 4.78 is 7.03. The molecule has 5 rings (SSSR count). The average molecular weight is 421 g/mol. The Labute approximate surface area is 179 Å². The summed E-state index contributed by atoms with van der Waals surface area (Å²) in [5.41, 5.74) is 5.53. The monoisotopic (exact) mass is 420 g/mol. The van der Waals surface area contributed by atoms with E-state index in [4.69, 9.17) is 4.74 Å². The molecule has 5 heterocycles. The van der Waals surface area contributed by atoms with Crippen molar-refractivity contribution < 1.29 is 4.74 Å². The van der Waals surface area contributed by atoms with Gasteiger partial charge < -0.3 is 4.74 Å². The first-order valence-electron chi connectivity index (χ1n) is 10.0. The second-order valence-electron chi connectivity index (χ2n) is 7.67. The number of aromatic nitrogens is 4. The van der Waals surface area contributed by atoms with E-state index in [1.165, 1.54) is 5.56 Å². The van der Waals surface area contributed by atoms with Crippen LogP contribution in [0.5, 0.6) is 5.88 Å². The summed E-state index contributed by atoms with van der Waals surface area (Å²) in [6, 6.07) is 10.5. The molecule has 0 bridgehead atoms. The Morgan fingerprint density at radius 1 is 1.13 bits per heavy atom. The molecule has 0 N–H and O–H groups in total. The molecular weight excluding hydrogens is 396 g/mol. The van der Waals surface area contributed by atoms with Crippen LogP contribution in [0, 0.1) is 0 Å². The van der Waals surface area contributed by atoms with Crippen LogP contribution in [0.15, 0.2) is 53.5 Å². The predicted octanol–water partition coefficient (Wildman–Crippen LogP) is 3.35. The van der Waals surface area contributed by atoms with Gasteiger partial charge in [-0.2, -0.15) is 11.3 Å². The highest BCUT2D eigenvalue weighted by Gasteiger charge is 2.29. The molecule has 1 aliphatic rings. The third-order valence-corrected chi connectivity index (χ3v) is 6.49. The standard InChI is InChI=1S/C22H24N6OS/c1-26-8-9-27(12-16-7-10-30-15-16)14-20(26)22-19-5-3-18(13-28(19)25-24-22)17-4-6-21(29-2)23-11-17/h3-7,10-11,13,15,20H,8-9,12,14H2,1-2H3/t20-/m1/s1. The van der Waals surface area contributed by atoms with E-state index in [0.717, 1.165) is 48.5 Å². The van der Waals surface area contributed by atoms with E-state index in [0.29, 0.717) is 5.88 Å². The van der Waals surface area contributed by atoms with E-state index < -0.39 is 0 Å². The van der Waals surface area contributed by atoms with Gasteiger partial charge in [-0.1, -0.05) is 11.3 Å². The Kier molecular flexibility index (Phi) is 5.20. The number of ether oxygens (including phenoxy) is 1. The topological polar surface area (TPSA) is 58.8 Å². The number of hydrogen-bond acceptors (Lipinski definition) is 7. The van der Waals surface area contributed by atoms with Crippen LogP contribution in [-0.4, -0.2) is 63.4 Å². The average Bonchev–Trinajstić information content (AvgIpc) is 3.44. The largest absolute Gasteiger partial charge is 0.481 e. The molecule has 0 aromatic carbocycles. The Morgan fingerprint density at radius 3 is 2.80 bits per heavy atom. The Hall–Kier alpha value is -2.81. The van der Waals surface area contributed by atoms with Crippen LogP contribution in [0.25, 0.3) is 16.6 Å².